The van der Waals surface area contributed by atoms with Crippen LogP contribution < -0.4 is 0 Å². The molecule has 1 aliphatic carbocycles. The SMILES string of the molecule is CCC1(C(=O)O)CCCN(C(=O)N(C)CC2CCC2)C1. The number of urea groups is 1. The van der Waals surface area contributed by atoms with Gasteiger partial charge in [-0.3, -0.25) is 4.79 Å². The van der Waals surface area contributed by atoms with Gasteiger partial charge in [0.05, 0.1) is 5.41 Å². The van der Waals surface area contributed by atoms with Gasteiger partial charge in [0.15, 0.2) is 0 Å². The van der Waals surface area contributed by atoms with Crippen molar-refractivity contribution in [3.8, 4) is 0 Å². The highest BCUT2D eigenvalue weighted by molar-refractivity contribution is 5.78. The number of rotatable bonds is 4. The number of aliphatic carboxylic acids is 1. The lowest BCUT2D eigenvalue weighted by atomic mass is 9.78. The van der Waals surface area contributed by atoms with E-state index < -0.39 is 11.4 Å². The van der Waals surface area contributed by atoms with E-state index in [1.807, 2.05) is 14.0 Å². The van der Waals surface area contributed by atoms with Crippen LogP contribution in [0.2, 0.25) is 0 Å². The third-order valence-electron chi connectivity index (χ3n) is 5.06. The second-order valence-corrected chi connectivity index (χ2v) is 6.42. The average Bonchev–Trinajstić information content (AvgIpc) is 2.41. The molecular formula is C15H26N2O3. The summed E-state index contributed by atoms with van der Waals surface area (Å²) in [6.45, 7) is 3.75. The fraction of sp³-hybridized carbons (Fsp3) is 0.867. The molecule has 1 N–H and O–H groups in total. The fourth-order valence-corrected chi connectivity index (χ4v) is 3.29. The van der Waals surface area contributed by atoms with Gasteiger partial charge in [0.25, 0.3) is 0 Å². The van der Waals surface area contributed by atoms with Crippen molar-refractivity contribution in [2.24, 2.45) is 11.3 Å². The zero-order chi connectivity index (χ0) is 14.8. The van der Waals surface area contributed by atoms with Gasteiger partial charge in [0.2, 0.25) is 0 Å². The number of hydrogen-bond acceptors (Lipinski definition) is 2. The zero-order valence-corrected chi connectivity index (χ0v) is 12.6. The van der Waals surface area contributed by atoms with Crippen LogP contribution in [0.15, 0.2) is 0 Å². The molecule has 1 aliphatic heterocycles. The molecule has 1 saturated carbocycles. The van der Waals surface area contributed by atoms with Crippen LogP contribution in [-0.4, -0.2) is 53.6 Å². The molecule has 2 rings (SSSR count). The number of likely N-dealkylation sites (tertiary alicyclic amines) is 1. The number of hydrogen-bond donors (Lipinski definition) is 1. The van der Waals surface area contributed by atoms with Crippen molar-refractivity contribution in [3.63, 3.8) is 0 Å². The Balaban J connectivity index is 1.96. The van der Waals surface area contributed by atoms with E-state index in [0.29, 0.717) is 31.8 Å². The Labute approximate surface area is 120 Å². The lowest BCUT2D eigenvalue weighted by molar-refractivity contribution is -0.152. The Morgan fingerprint density at radius 3 is 2.55 bits per heavy atom. The standard InChI is InChI=1S/C15H26N2O3/c1-3-15(13(18)19)8-5-9-17(11-15)14(20)16(2)10-12-6-4-7-12/h12H,3-11H2,1-2H3,(H,18,19). The Morgan fingerprint density at radius 2 is 2.05 bits per heavy atom. The Hall–Kier alpha value is -1.26. The first kappa shape index (κ1) is 15.1. The van der Waals surface area contributed by atoms with Gasteiger partial charge in [-0.25, -0.2) is 4.79 Å². The number of carboxylic acid groups (broad SMARTS) is 1. The molecule has 5 heteroatoms. The van der Waals surface area contributed by atoms with Gasteiger partial charge in [-0.05, 0) is 38.0 Å². The number of nitrogens with zero attached hydrogens (tertiary/aromatic N) is 2. The smallest absolute Gasteiger partial charge is 0.319 e. The van der Waals surface area contributed by atoms with Crippen LogP contribution >= 0.6 is 0 Å². The molecule has 1 saturated heterocycles. The number of amides is 2. The molecule has 0 aromatic heterocycles. The predicted molar refractivity (Wildman–Crippen MR) is 76.5 cm³/mol. The first-order valence-electron chi connectivity index (χ1n) is 7.72. The molecule has 0 aromatic carbocycles. The van der Waals surface area contributed by atoms with Crippen molar-refractivity contribution < 1.29 is 14.7 Å². The molecule has 1 unspecified atom stereocenters. The van der Waals surface area contributed by atoms with Gasteiger partial charge < -0.3 is 14.9 Å². The zero-order valence-electron chi connectivity index (χ0n) is 12.6. The van der Waals surface area contributed by atoms with Crippen molar-refractivity contribution >= 4 is 12.0 Å². The average molecular weight is 282 g/mol. The van der Waals surface area contributed by atoms with Crippen molar-refractivity contribution in [1.82, 2.24) is 9.80 Å². The summed E-state index contributed by atoms with van der Waals surface area (Å²) in [5.41, 5.74) is -0.745. The van der Waals surface area contributed by atoms with Gasteiger partial charge in [0.1, 0.15) is 0 Å². The van der Waals surface area contributed by atoms with Gasteiger partial charge >= 0.3 is 12.0 Å². The summed E-state index contributed by atoms with van der Waals surface area (Å²) < 4.78 is 0. The minimum absolute atomic E-state index is 0.00400. The quantitative estimate of drug-likeness (QED) is 0.861. The summed E-state index contributed by atoms with van der Waals surface area (Å²) >= 11 is 0. The van der Waals surface area contributed by atoms with Crippen molar-refractivity contribution in [2.75, 3.05) is 26.7 Å². The second kappa shape index (κ2) is 6.02. The van der Waals surface area contributed by atoms with Gasteiger partial charge in [-0.1, -0.05) is 13.3 Å². The highest BCUT2D eigenvalue weighted by Crippen LogP contribution is 2.34. The number of piperidine rings is 1. The molecule has 1 heterocycles. The first-order valence-corrected chi connectivity index (χ1v) is 7.72. The van der Waals surface area contributed by atoms with E-state index in [9.17, 15) is 14.7 Å². The van der Waals surface area contributed by atoms with Crippen molar-refractivity contribution in [2.45, 2.75) is 45.4 Å². The normalized spacial score (nSPS) is 27.0. The lowest BCUT2D eigenvalue weighted by Crippen LogP contribution is -2.53. The van der Waals surface area contributed by atoms with Crippen LogP contribution in [0, 0.1) is 11.3 Å². The molecule has 2 aliphatic rings. The molecule has 0 aromatic rings. The third kappa shape index (κ3) is 2.91. The second-order valence-electron chi connectivity index (χ2n) is 6.42. The summed E-state index contributed by atoms with van der Waals surface area (Å²) in [5, 5.41) is 9.47. The van der Waals surface area contributed by atoms with Gasteiger partial charge in [-0.15, -0.1) is 0 Å². The van der Waals surface area contributed by atoms with E-state index in [0.717, 1.165) is 13.0 Å². The van der Waals surface area contributed by atoms with Crippen LogP contribution in [0.4, 0.5) is 4.79 Å². The molecule has 0 radical (unpaired) electrons. The molecule has 5 nitrogen and oxygen atoms in total. The van der Waals surface area contributed by atoms with Crippen LogP contribution in [0.5, 0.6) is 0 Å². The highest BCUT2D eigenvalue weighted by atomic mass is 16.4. The summed E-state index contributed by atoms with van der Waals surface area (Å²) in [7, 11) is 1.84. The molecule has 2 fully saturated rings. The molecule has 20 heavy (non-hydrogen) atoms. The maximum Gasteiger partial charge on any atom is 0.319 e. The summed E-state index contributed by atoms with van der Waals surface area (Å²) in [6.07, 6.45) is 5.74. The molecular weight excluding hydrogens is 256 g/mol. The van der Waals surface area contributed by atoms with Gasteiger partial charge in [-0.2, -0.15) is 0 Å². The van der Waals surface area contributed by atoms with Crippen molar-refractivity contribution in [3.05, 3.63) is 0 Å². The molecule has 2 amide bonds. The summed E-state index contributed by atoms with van der Waals surface area (Å²) in [4.78, 5) is 27.5. The van der Waals surface area contributed by atoms with E-state index in [4.69, 9.17) is 0 Å². The van der Waals surface area contributed by atoms with E-state index in [1.54, 1.807) is 9.80 Å². The van der Waals surface area contributed by atoms with E-state index in [2.05, 4.69) is 0 Å². The Morgan fingerprint density at radius 1 is 1.35 bits per heavy atom. The third-order valence-corrected chi connectivity index (χ3v) is 5.06. The van der Waals surface area contributed by atoms with E-state index >= 15 is 0 Å². The number of carboxylic acids is 1. The molecule has 114 valence electrons. The Bertz CT molecular complexity index is 381. The molecule has 0 spiro atoms. The molecule has 0 bridgehead atoms. The monoisotopic (exact) mass is 282 g/mol. The van der Waals surface area contributed by atoms with Crippen LogP contribution in [0.1, 0.15) is 45.4 Å². The highest BCUT2D eigenvalue weighted by Gasteiger charge is 2.42. The maximum absolute atomic E-state index is 12.5. The summed E-state index contributed by atoms with van der Waals surface area (Å²) in [5.74, 6) is -0.122. The minimum atomic E-state index is -0.765. The summed E-state index contributed by atoms with van der Waals surface area (Å²) in [6, 6.07) is -0.00400. The predicted octanol–water partition coefficient (Wildman–Crippen LogP) is 2.42. The van der Waals surface area contributed by atoms with E-state index in [-0.39, 0.29) is 6.03 Å². The van der Waals surface area contributed by atoms with Gasteiger partial charge in [0, 0.05) is 26.7 Å². The Kier molecular flexibility index (Phi) is 4.55. The van der Waals surface area contributed by atoms with Crippen LogP contribution in [0.25, 0.3) is 0 Å². The maximum atomic E-state index is 12.5. The van der Waals surface area contributed by atoms with Crippen LogP contribution in [-0.2, 0) is 4.79 Å². The van der Waals surface area contributed by atoms with Crippen molar-refractivity contribution in [1.29, 1.82) is 0 Å². The molecule has 1 atom stereocenters. The lowest BCUT2D eigenvalue weighted by Gasteiger charge is -2.41. The number of carbonyl (C=O) groups excluding carboxylic acids is 1. The first-order chi connectivity index (χ1) is 9.48. The fourth-order valence-electron chi connectivity index (χ4n) is 3.29. The topological polar surface area (TPSA) is 60.9 Å². The largest absolute Gasteiger partial charge is 0.481 e. The minimum Gasteiger partial charge on any atom is -0.481 e. The van der Waals surface area contributed by atoms with Crippen LogP contribution in [0.3, 0.4) is 0 Å². The van der Waals surface area contributed by atoms with E-state index in [1.165, 1.54) is 19.3 Å². The number of carbonyl (C=O) groups is 2.